The fourth-order valence-electron chi connectivity index (χ4n) is 2.45. The summed E-state index contributed by atoms with van der Waals surface area (Å²) in [7, 11) is 0. The first-order chi connectivity index (χ1) is 12.0. The zero-order valence-electron chi connectivity index (χ0n) is 13.2. The van der Waals surface area contributed by atoms with Crippen molar-refractivity contribution < 1.29 is 24.3 Å². The molecule has 3 rings (SSSR count). The molecular weight excluding hydrogens is 328 g/mol. The minimum absolute atomic E-state index is 0.0743. The number of carbonyl (C=O) groups is 1. The van der Waals surface area contributed by atoms with E-state index < -0.39 is 11.0 Å². The maximum Gasteiger partial charge on any atom is 0.269 e. The molecule has 0 fully saturated rings. The first kappa shape index (κ1) is 16.7. The molecule has 8 heteroatoms. The van der Waals surface area contributed by atoms with Gasteiger partial charge in [0.2, 0.25) is 6.79 Å². The van der Waals surface area contributed by atoms with Gasteiger partial charge in [0.25, 0.3) is 11.6 Å². The monoisotopic (exact) mass is 344 g/mol. The molecule has 25 heavy (non-hydrogen) atoms. The maximum atomic E-state index is 12.0. The number of hydrogen-bond acceptors (Lipinski definition) is 6. The van der Waals surface area contributed by atoms with Crippen molar-refractivity contribution in [3.8, 4) is 11.5 Å². The number of amides is 1. The minimum atomic E-state index is -0.758. The van der Waals surface area contributed by atoms with E-state index in [4.69, 9.17) is 9.47 Å². The molecule has 1 heterocycles. The zero-order valence-corrected chi connectivity index (χ0v) is 13.2. The van der Waals surface area contributed by atoms with Gasteiger partial charge in [0.05, 0.1) is 11.0 Å². The van der Waals surface area contributed by atoms with Crippen LogP contribution in [0, 0.1) is 10.1 Å². The van der Waals surface area contributed by atoms with Gasteiger partial charge in [-0.1, -0.05) is 6.07 Å². The molecule has 1 aliphatic heterocycles. The van der Waals surface area contributed by atoms with Crippen LogP contribution in [0.5, 0.6) is 11.5 Å². The normalized spacial score (nSPS) is 13.3. The van der Waals surface area contributed by atoms with E-state index in [9.17, 15) is 20.0 Å². The van der Waals surface area contributed by atoms with Crippen LogP contribution in [0.25, 0.3) is 0 Å². The molecule has 0 saturated heterocycles. The highest BCUT2D eigenvalue weighted by molar-refractivity contribution is 5.94. The summed E-state index contributed by atoms with van der Waals surface area (Å²) in [5, 5.41) is 23.5. The van der Waals surface area contributed by atoms with Gasteiger partial charge in [0.1, 0.15) is 0 Å². The van der Waals surface area contributed by atoms with E-state index in [0.29, 0.717) is 29.0 Å². The van der Waals surface area contributed by atoms with Gasteiger partial charge in [0, 0.05) is 24.2 Å². The molecule has 0 aliphatic carbocycles. The Morgan fingerprint density at radius 3 is 2.64 bits per heavy atom. The van der Waals surface area contributed by atoms with Gasteiger partial charge in [-0.2, -0.15) is 0 Å². The lowest BCUT2D eigenvalue weighted by atomic mass is 10.1. The van der Waals surface area contributed by atoms with Crippen molar-refractivity contribution in [1.29, 1.82) is 0 Å². The summed E-state index contributed by atoms with van der Waals surface area (Å²) in [4.78, 5) is 22.1. The summed E-state index contributed by atoms with van der Waals surface area (Å²) in [5.74, 6) is 0.877. The van der Waals surface area contributed by atoms with Gasteiger partial charge in [0.15, 0.2) is 11.5 Å². The van der Waals surface area contributed by atoms with E-state index in [-0.39, 0.29) is 24.9 Å². The Bertz CT molecular complexity index is 790. The van der Waals surface area contributed by atoms with Gasteiger partial charge in [-0.3, -0.25) is 14.9 Å². The molecule has 2 aromatic rings. The molecule has 1 aliphatic rings. The Labute approximate surface area is 143 Å². The predicted molar refractivity (Wildman–Crippen MR) is 87.6 cm³/mol. The number of nitrogens with one attached hydrogen (secondary N) is 1. The average molecular weight is 344 g/mol. The van der Waals surface area contributed by atoms with Crippen molar-refractivity contribution in [2.45, 2.75) is 12.5 Å². The van der Waals surface area contributed by atoms with E-state index in [0.717, 1.165) is 0 Å². The van der Waals surface area contributed by atoms with Crippen molar-refractivity contribution in [3.63, 3.8) is 0 Å². The number of nitrogens with zero attached hydrogens (tertiary/aromatic N) is 1. The lowest BCUT2D eigenvalue weighted by Gasteiger charge is -2.12. The number of rotatable bonds is 6. The van der Waals surface area contributed by atoms with Gasteiger partial charge in [-0.25, -0.2) is 0 Å². The summed E-state index contributed by atoms with van der Waals surface area (Å²) in [5.41, 5.74) is 0.923. The third-order valence-corrected chi connectivity index (χ3v) is 3.83. The van der Waals surface area contributed by atoms with E-state index in [2.05, 4.69) is 5.32 Å². The second-order valence-electron chi connectivity index (χ2n) is 5.48. The Kier molecular flexibility index (Phi) is 4.80. The number of nitro groups is 1. The summed E-state index contributed by atoms with van der Waals surface area (Å²) < 4.78 is 10.5. The summed E-state index contributed by atoms with van der Waals surface area (Å²) in [6.45, 7) is 0.422. The molecule has 1 atom stereocenters. The third kappa shape index (κ3) is 3.86. The van der Waals surface area contributed by atoms with Crippen LogP contribution >= 0.6 is 0 Å². The lowest BCUT2D eigenvalue weighted by molar-refractivity contribution is -0.384. The van der Waals surface area contributed by atoms with E-state index in [1.165, 1.54) is 24.3 Å². The number of hydrogen-bond donors (Lipinski definition) is 2. The van der Waals surface area contributed by atoms with Crippen molar-refractivity contribution in [2.24, 2.45) is 0 Å². The first-order valence-corrected chi connectivity index (χ1v) is 7.65. The number of nitro benzene ring substituents is 1. The molecule has 0 aromatic heterocycles. The molecule has 0 saturated carbocycles. The number of benzene rings is 2. The van der Waals surface area contributed by atoms with Crippen LogP contribution in [-0.4, -0.2) is 29.3 Å². The molecule has 1 amide bonds. The quantitative estimate of drug-likeness (QED) is 0.614. The Morgan fingerprint density at radius 1 is 1.20 bits per heavy atom. The fraction of sp³-hybridized carbons (Fsp3) is 0.235. The predicted octanol–water partition coefficient (Wildman–Crippen LogP) is 2.18. The van der Waals surface area contributed by atoms with Crippen molar-refractivity contribution in [2.75, 3.05) is 13.3 Å². The Balaban J connectivity index is 1.51. The number of carbonyl (C=O) groups excluding carboxylic acids is 1. The van der Waals surface area contributed by atoms with Gasteiger partial charge in [-0.15, -0.1) is 0 Å². The van der Waals surface area contributed by atoms with Crippen LogP contribution in [0.1, 0.15) is 28.4 Å². The highest BCUT2D eigenvalue weighted by Gasteiger charge is 2.17. The number of non-ortho nitro benzene ring substituents is 1. The Morgan fingerprint density at radius 2 is 1.92 bits per heavy atom. The standard InChI is InChI=1S/C17H16N2O6/c20-14(12-3-6-15-16(9-12)25-10-24-15)7-8-18-17(21)11-1-4-13(5-2-11)19(22)23/h1-6,9,14,20H,7-8,10H2,(H,18,21). The second-order valence-corrected chi connectivity index (χ2v) is 5.48. The molecule has 0 spiro atoms. The molecule has 2 N–H and O–H groups in total. The molecular formula is C17H16N2O6. The largest absolute Gasteiger partial charge is 0.454 e. The lowest BCUT2D eigenvalue weighted by Crippen LogP contribution is -2.25. The van der Waals surface area contributed by atoms with Crippen LogP contribution < -0.4 is 14.8 Å². The summed E-state index contributed by atoms with van der Waals surface area (Å²) in [6, 6.07) is 10.5. The number of fused-ring (bicyclic) bond motifs is 1. The SMILES string of the molecule is O=C(NCCC(O)c1ccc2c(c1)OCO2)c1ccc([N+](=O)[O-])cc1. The maximum absolute atomic E-state index is 12.0. The first-order valence-electron chi connectivity index (χ1n) is 7.65. The summed E-state index contributed by atoms with van der Waals surface area (Å²) in [6.07, 6.45) is -0.440. The highest BCUT2D eigenvalue weighted by atomic mass is 16.7. The third-order valence-electron chi connectivity index (χ3n) is 3.83. The van der Waals surface area contributed by atoms with Crippen LogP contribution in [0.3, 0.4) is 0 Å². The molecule has 8 nitrogen and oxygen atoms in total. The molecule has 1 unspecified atom stereocenters. The van der Waals surface area contributed by atoms with Crippen molar-refractivity contribution in [3.05, 3.63) is 63.7 Å². The molecule has 0 bridgehead atoms. The minimum Gasteiger partial charge on any atom is -0.454 e. The number of aliphatic hydroxyl groups is 1. The van der Waals surface area contributed by atoms with Gasteiger partial charge < -0.3 is 19.9 Å². The highest BCUT2D eigenvalue weighted by Crippen LogP contribution is 2.34. The van der Waals surface area contributed by atoms with E-state index in [1.54, 1.807) is 18.2 Å². The van der Waals surface area contributed by atoms with E-state index in [1.807, 2.05) is 0 Å². The molecule has 0 radical (unpaired) electrons. The number of ether oxygens (including phenoxy) is 2. The smallest absolute Gasteiger partial charge is 0.269 e. The number of aliphatic hydroxyl groups excluding tert-OH is 1. The topological polar surface area (TPSA) is 111 Å². The van der Waals surface area contributed by atoms with Crippen LogP contribution in [-0.2, 0) is 0 Å². The molecule has 130 valence electrons. The fourth-order valence-corrected chi connectivity index (χ4v) is 2.45. The van der Waals surface area contributed by atoms with Crippen molar-refractivity contribution in [1.82, 2.24) is 5.32 Å². The van der Waals surface area contributed by atoms with Crippen LogP contribution in [0.2, 0.25) is 0 Å². The summed E-state index contributed by atoms with van der Waals surface area (Å²) >= 11 is 0. The Hall–Kier alpha value is -3.13. The molecule has 2 aromatic carbocycles. The van der Waals surface area contributed by atoms with Gasteiger partial charge >= 0.3 is 0 Å². The van der Waals surface area contributed by atoms with E-state index >= 15 is 0 Å². The van der Waals surface area contributed by atoms with Crippen LogP contribution in [0.4, 0.5) is 5.69 Å². The average Bonchev–Trinajstić information content (AvgIpc) is 3.09. The van der Waals surface area contributed by atoms with Gasteiger partial charge in [-0.05, 0) is 36.2 Å². The zero-order chi connectivity index (χ0) is 17.8. The van der Waals surface area contributed by atoms with Crippen LogP contribution in [0.15, 0.2) is 42.5 Å². The van der Waals surface area contributed by atoms with Crippen molar-refractivity contribution >= 4 is 11.6 Å². The second kappa shape index (κ2) is 7.18.